The van der Waals surface area contributed by atoms with Crippen LogP contribution in [0.1, 0.15) is 30.7 Å². The molecule has 1 aliphatic carbocycles. The van der Waals surface area contributed by atoms with E-state index in [0.29, 0.717) is 5.01 Å². The second-order valence-corrected chi connectivity index (χ2v) is 6.61. The van der Waals surface area contributed by atoms with Gasteiger partial charge < -0.3 is 10.5 Å². The lowest BCUT2D eigenvalue weighted by atomic mass is 9.91. The second kappa shape index (κ2) is 4.39. The number of nitrogens with zero attached hydrogens (tertiary/aromatic N) is 1. The van der Waals surface area contributed by atoms with Crippen LogP contribution in [0.2, 0.25) is 0 Å². The van der Waals surface area contributed by atoms with Gasteiger partial charge in [-0.15, -0.1) is 11.3 Å². The summed E-state index contributed by atoms with van der Waals surface area (Å²) in [5.74, 6) is -0.404. The Balaban J connectivity index is 1.73. The van der Waals surface area contributed by atoms with Crippen molar-refractivity contribution in [1.29, 1.82) is 0 Å². The molecule has 4 nitrogen and oxygen atoms in total. The minimum atomic E-state index is -0.985. The van der Waals surface area contributed by atoms with Crippen molar-refractivity contribution >= 4 is 17.2 Å². The average molecular weight is 300 g/mol. The third-order valence-electron chi connectivity index (χ3n) is 4.58. The van der Waals surface area contributed by atoms with Crippen LogP contribution in [-0.4, -0.2) is 16.5 Å². The summed E-state index contributed by atoms with van der Waals surface area (Å²) in [5.41, 5.74) is 6.22. The number of nitrogens with two attached hydrogens (primary N) is 1. The van der Waals surface area contributed by atoms with Crippen LogP contribution >= 0.6 is 11.3 Å². The fourth-order valence-corrected chi connectivity index (χ4v) is 4.52. The molecule has 1 amide bonds. The molecule has 108 valence electrons. The molecular formula is C16H16N2O2S. The van der Waals surface area contributed by atoms with Gasteiger partial charge in [-0.1, -0.05) is 43.2 Å². The number of carbonyl (C=O) groups excluding carboxylic acids is 1. The highest BCUT2D eigenvalue weighted by Crippen LogP contribution is 2.64. The first kappa shape index (κ1) is 13.0. The van der Waals surface area contributed by atoms with E-state index in [1.54, 1.807) is 0 Å². The molecule has 2 fully saturated rings. The molecule has 0 radical (unpaired) electrons. The number of hydrogen-bond donors (Lipinski definition) is 1. The van der Waals surface area contributed by atoms with Crippen molar-refractivity contribution in [3.8, 4) is 11.3 Å². The number of benzene rings is 1. The van der Waals surface area contributed by atoms with E-state index in [9.17, 15) is 4.79 Å². The SMILES string of the molecule is NC(=O)C1(c2nc(-c3ccccc3)cs2)OC12CCCC2. The molecule has 2 aliphatic rings. The molecule has 5 heteroatoms. The molecule has 1 aromatic heterocycles. The predicted octanol–water partition coefficient (Wildman–Crippen LogP) is 2.83. The largest absolute Gasteiger partial charge is 0.367 e. The Bertz CT molecular complexity index is 691. The molecule has 21 heavy (non-hydrogen) atoms. The monoisotopic (exact) mass is 300 g/mol. The van der Waals surface area contributed by atoms with Crippen LogP contribution in [0.3, 0.4) is 0 Å². The van der Waals surface area contributed by atoms with Gasteiger partial charge in [-0.05, 0) is 12.8 Å². The van der Waals surface area contributed by atoms with Crippen molar-refractivity contribution in [2.75, 3.05) is 0 Å². The molecule has 1 atom stereocenters. The third kappa shape index (κ3) is 1.71. The highest BCUT2D eigenvalue weighted by Gasteiger charge is 2.76. The van der Waals surface area contributed by atoms with Gasteiger partial charge in [0.05, 0.1) is 5.69 Å². The summed E-state index contributed by atoms with van der Waals surface area (Å²) in [4.78, 5) is 16.7. The van der Waals surface area contributed by atoms with Crippen molar-refractivity contribution in [3.05, 3.63) is 40.7 Å². The van der Waals surface area contributed by atoms with Crippen molar-refractivity contribution in [2.45, 2.75) is 36.9 Å². The zero-order valence-electron chi connectivity index (χ0n) is 11.5. The lowest BCUT2D eigenvalue weighted by Crippen LogP contribution is -2.36. The molecule has 1 spiro atoms. The van der Waals surface area contributed by atoms with Gasteiger partial charge in [-0.25, -0.2) is 4.98 Å². The highest BCUT2D eigenvalue weighted by molar-refractivity contribution is 7.10. The molecule has 1 saturated heterocycles. The van der Waals surface area contributed by atoms with Crippen LogP contribution < -0.4 is 5.73 Å². The molecular weight excluding hydrogens is 284 g/mol. The van der Waals surface area contributed by atoms with Gasteiger partial charge in [-0.3, -0.25) is 4.79 Å². The first-order valence-electron chi connectivity index (χ1n) is 7.19. The quantitative estimate of drug-likeness (QED) is 0.886. The number of aromatic nitrogens is 1. The molecule has 2 heterocycles. The molecule has 1 saturated carbocycles. The Hall–Kier alpha value is -1.72. The Kier molecular flexibility index (Phi) is 2.71. The number of hydrogen-bond acceptors (Lipinski definition) is 4. The average Bonchev–Trinajstić information content (AvgIpc) is 2.88. The van der Waals surface area contributed by atoms with E-state index in [1.165, 1.54) is 11.3 Å². The van der Waals surface area contributed by atoms with E-state index in [-0.39, 0.29) is 5.60 Å². The standard InChI is InChI=1S/C16H16N2O2S/c17-13(19)16(15(20-16)8-4-5-9-15)14-18-12(10-21-14)11-6-2-1-3-7-11/h1-3,6-7,10H,4-5,8-9H2,(H2,17,19). The molecule has 2 aromatic rings. The maximum absolute atomic E-state index is 12.1. The zero-order valence-corrected chi connectivity index (χ0v) is 12.4. The Morgan fingerprint density at radius 2 is 1.95 bits per heavy atom. The third-order valence-corrected chi connectivity index (χ3v) is 5.52. The Labute approximate surface area is 127 Å². The van der Waals surface area contributed by atoms with Gasteiger partial charge >= 0.3 is 0 Å². The van der Waals surface area contributed by atoms with E-state index in [0.717, 1.165) is 36.9 Å². The van der Waals surface area contributed by atoms with Gasteiger partial charge in [0.2, 0.25) is 5.60 Å². The minimum Gasteiger partial charge on any atom is -0.367 e. The maximum Gasteiger partial charge on any atom is 0.259 e. The summed E-state index contributed by atoms with van der Waals surface area (Å²) in [7, 11) is 0. The summed E-state index contributed by atoms with van der Waals surface area (Å²) in [6.07, 6.45) is 3.98. The lowest BCUT2D eigenvalue weighted by molar-refractivity contribution is -0.123. The van der Waals surface area contributed by atoms with Gasteiger partial charge in [0.15, 0.2) is 0 Å². The number of ether oxygens (including phenoxy) is 1. The zero-order chi connectivity index (χ0) is 14.5. The first-order valence-corrected chi connectivity index (χ1v) is 8.07. The topological polar surface area (TPSA) is 68.5 Å². The van der Waals surface area contributed by atoms with E-state index in [1.807, 2.05) is 35.7 Å². The molecule has 2 N–H and O–H groups in total. The van der Waals surface area contributed by atoms with Gasteiger partial charge in [0.25, 0.3) is 5.91 Å². The van der Waals surface area contributed by atoms with Crippen LogP contribution in [0, 0.1) is 0 Å². The summed E-state index contributed by atoms with van der Waals surface area (Å²) in [5, 5.41) is 2.68. The molecule has 4 rings (SSSR count). The predicted molar refractivity (Wildman–Crippen MR) is 80.7 cm³/mol. The number of rotatable bonds is 3. The lowest BCUT2D eigenvalue weighted by Gasteiger charge is -2.09. The summed E-state index contributed by atoms with van der Waals surface area (Å²) in [6.45, 7) is 0. The van der Waals surface area contributed by atoms with Crippen molar-refractivity contribution < 1.29 is 9.53 Å². The summed E-state index contributed by atoms with van der Waals surface area (Å²) < 4.78 is 5.92. The van der Waals surface area contributed by atoms with Crippen molar-refractivity contribution in [2.24, 2.45) is 5.73 Å². The van der Waals surface area contributed by atoms with E-state index in [4.69, 9.17) is 10.5 Å². The van der Waals surface area contributed by atoms with Crippen LogP contribution in [0.4, 0.5) is 0 Å². The van der Waals surface area contributed by atoms with Gasteiger partial charge in [0, 0.05) is 10.9 Å². The Morgan fingerprint density at radius 3 is 2.62 bits per heavy atom. The molecule has 1 unspecified atom stereocenters. The van der Waals surface area contributed by atoms with Crippen molar-refractivity contribution in [3.63, 3.8) is 0 Å². The minimum absolute atomic E-state index is 0.384. The van der Waals surface area contributed by atoms with Gasteiger partial charge in [-0.2, -0.15) is 0 Å². The highest BCUT2D eigenvalue weighted by atomic mass is 32.1. The normalized spacial score (nSPS) is 26.1. The Morgan fingerprint density at radius 1 is 1.24 bits per heavy atom. The van der Waals surface area contributed by atoms with E-state index >= 15 is 0 Å². The number of primary amides is 1. The fraction of sp³-hybridized carbons (Fsp3) is 0.375. The van der Waals surface area contributed by atoms with Crippen LogP contribution in [0.25, 0.3) is 11.3 Å². The number of carbonyl (C=O) groups is 1. The van der Waals surface area contributed by atoms with Crippen molar-refractivity contribution in [1.82, 2.24) is 4.98 Å². The van der Waals surface area contributed by atoms with E-state index < -0.39 is 11.5 Å². The second-order valence-electron chi connectivity index (χ2n) is 5.75. The van der Waals surface area contributed by atoms with Crippen LogP contribution in [-0.2, 0) is 15.1 Å². The summed E-state index contributed by atoms with van der Waals surface area (Å²) >= 11 is 1.47. The smallest absolute Gasteiger partial charge is 0.259 e. The number of epoxide rings is 1. The van der Waals surface area contributed by atoms with Gasteiger partial charge in [0.1, 0.15) is 10.6 Å². The molecule has 1 aromatic carbocycles. The summed E-state index contributed by atoms with van der Waals surface area (Å²) in [6, 6.07) is 9.94. The van der Waals surface area contributed by atoms with Crippen LogP contribution in [0.5, 0.6) is 0 Å². The van der Waals surface area contributed by atoms with E-state index in [2.05, 4.69) is 4.98 Å². The molecule has 0 bridgehead atoms. The fourth-order valence-electron chi connectivity index (χ4n) is 3.46. The first-order chi connectivity index (χ1) is 10.2. The van der Waals surface area contributed by atoms with Crippen LogP contribution in [0.15, 0.2) is 35.7 Å². The number of thiazole rings is 1. The maximum atomic E-state index is 12.1. The number of amides is 1. The molecule has 1 aliphatic heterocycles.